The highest BCUT2D eigenvalue weighted by atomic mass is 35.5. The van der Waals surface area contributed by atoms with Crippen LogP contribution in [0, 0.1) is 0 Å². The third-order valence-corrected chi connectivity index (χ3v) is 3.70. The van der Waals surface area contributed by atoms with Gasteiger partial charge in [0.2, 0.25) is 0 Å². The number of aliphatic hydroxyl groups is 1. The van der Waals surface area contributed by atoms with Crippen molar-refractivity contribution in [2.75, 3.05) is 0 Å². The molecule has 2 aromatic rings. The molecule has 0 spiro atoms. The van der Waals surface area contributed by atoms with E-state index in [0.717, 1.165) is 11.1 Å². The van der Waals surface area contributed by atoms with Crippen molar-refractivity contribution in [2.24, 2.45) is 0 Å². The van der Waals surface area contributed by atoms with Crippen LogP contribution in [0.2, 0.25) is 10.0 Å². The van der Waals surface area contributed by atoms with Crippen molar-refractivity contribution in [3.63, 3.8) is 0 Å². The van der Waals surface area contributed by atoms with Gasteiger partial charge in [-0.2, -0.15) is 0 Å². The largest absolute Gasteiger partial charge is 0.384 e. The Labute approximate surface area is 121 Å². The predicted molar refractivity (Wildman–Crippen MR) is 75.5 cm³/mol. The van der Waals surface area contributed by atoms with Crippen molar-refractivity contribution >= 4 is 23.2 Å². The Bertz CT molecular complexity index is 605. The number of halogens is 2. The molecule has 2 aromatic carbocycles. The lowest BCUT2D eigenvalue weighted by Gasteiger charge is -2.13. The van der Waals surface area contributed by atoms with Crippen LogP contribution < -0.4 is 0 Å². The van der Waals surface area contributed by atoms with Gasteiger partial charge in [0.25, 0.3) is 0 Å². The second-order valence-electron chi connectivity index (χ2n) is 4.63. The fraction of sp³-hybridized carbons (Fsp3) is 0.200. The zero-order chi connectivity index (χ0) is 13.4. The number of benzene rings is 2. The van der Waals surface area contributed by atoms with Gasteiger partial charge in [-0.1, -0.05) is 41.4 Å². The van der Waals surface area contributed by atoms with Crippen molar-refractivity contribution < 1.29 is 9.84 Å². The van der Waals surface area contributed by atoms with E-state index in [9.17, 15) is 5.11 Å². The summed E-state index contributed by atoms with van der Waals surface area (Å²) in [4.78, 5) is 0. The summed E-state index contributed by atoms with van der Waals surface area (Å²) in [6.07, 6.45) is -0.734. The molecule has 1 heterocycles. The molecule has 0 saturated carbocycles. The predicted octanol–water partition coefficient (Wildman–Crippen LogP) is 4.11. The average Bonchev–Trinajstić information content (AvgIpc) is 2.83. The summed E-state index contributed by atoms with van der Waals surface area (Å²) in [6, 6.07) is 11.0. The average molecular weight is 295 g/mol. The van der Waals surface area contributed by atoms with E-state index in [2.05, 4.69) is 0 Å². The van der Waals surface area contributed by atoms with E-state index in [0.29, 0.717) is 28.8 Å². The van der Waals surface area contributed by atoms with E-state index in [1.54, 1.807) is 18.2 Å². The van der Waals surface area contributed by atoms with Gasteiger partial charge in [-0.3, -0.25) is 0 Å². The van der Waals surface area contributed by atoms with Crippen LogP contribution in [0.3, 0.4) is 0 Å². The molecule has 1 unspecified atom stereocenters. The molecule has 98 valence electrons. The molecule has 0 radical (unpaired) electrons. The lowest BCUT2D eigenvalue weighted by molar-refractivity contribution is 0.134. The van der Waals surface area contributed by atoms with Gasteiger partial charge >= 0.3 is 0 Å². The van der Waals surface area contributed by atoms with Crippen LogP contribution in [0.5, 0.6) is 0 Å². The third kappa shape index (κ3) is 2.63. The van der Waals surface area contributed by atoms with E-state index in [1.807, 2.05) is 18.2 Å². The number of hydrogen-bond donors (Lipinski definition) is 1. The fourth-order valence-electron chi connectivity index (χ4n) is 2.29. The maximum atomic E-state index is 10.4. The maximum Gasteiger partial charge on any atom is 0.104 e. The van der Waals surface area contributed by atoms with Gasteiger partial charge in [0, 0.05) is 10.0 Å². The molecule has 0 fully saturated rings. The van der Waals surface area contributed by atoms with Gasteiger partial charge in [0.1, 0.15) is 6.10 Å². The van der Waals surface area contributed by atoms with E-state index < -0.39 is 6.10 Å². The molecular formula is C15H12Cl2O2. The Balaban J connectivity index is 1.97. The van der Waals surface area contributed by atoms with Gasteiger partial charge in [0.05, 0.1) is 13.2 Å². The van der Waals surface area contributed by atoms with Crippen LogP contribution in [0.1, 0.15) is 28.4 Å². The van der Waals surface area contributed by atoms with E-state index in [4.69, 9.17) is 27.9 Å². The van der Waals surface area contributed by atoms with Crippen LogP contribution in [0.4, 0.5) is 0 Å². The SMILES string of the molecule is OC(c1cc(Cl)cc(Cl)c1)c1ccc2c(c1)COC2. The number of fused-ring (bicyclic) bond motifs is 1. The molecule has 0 amide bonds. The number of aliphatic hydroxyl groups excluding tert-OH is 1. The summed E-state index contributed by atoms with van der Waals surface area (Å²) in [6.45, 7) is 1.25. The Hall–Kier alpha value is -1.06. The monoisotopic (exact) mass is 294 g/mol. The summed E-state index contributed by atoms with van der Waals surface area (Å²) in [5, 5.41) is 11.5. The van der Waals surface area contributed by atoms with Gasteiger partial charge in [-0.25, -0.2) is 0 Å². The van der Waals surface area contributed by atoms with Crippen LogP contribution >= 0.6 is 23.2 Å². The number of rotatable bonds is 2. The molecule has 3 rings (SSSR count). The lowest BCUT2D eigenvalue weighted by atomic mass is 9.98. The summed E-state index contributed by atoms with van der Waals surface area (Å²) in [5.74, 6) is 0. The Morgan fingerprint density at radius 3 is 2.32 bits per heavy atom. The standard InChI is InChI=1S/C15H12Cl2O2/c16-13-4-11(5-14(17)6-13)15(18)9-1-2-10-7-19-8-12(10)3-9/h1-6,15,18H,7-8H2. The molecule has 2 nitrogen and oxygen atoms in total. The molecule has 0 aromatic heterocycles. The zero-order valence-electron chi connectivity index (χ0n) is 10.1. The van der Waals surface area contributed by atoms with Crippen molar-refractivity contribution in [1.82, 2.24) is 0 Å². The van der Waals surface area contributed by atoms with Crippen LogP contribution in [0.25, 0.3) is 0 Å². The number of ether oxygens (including phenoxy) is 1. The first-order valence-corrected chi connectivity index (χ1v) is 6.72. The van der Waals surface area contributed by atoms with Crippen LogP contribution in [-0.2, 0) is 18.0 Å². The molecule has 1 aliphatic rings. The molecule has 1 atom stereocenters. The van der Waals surface area contributed by atoms with Crippen molar-refractivity contribution in [1.29, 1.82) is 0 Å². The smallest absolute Gasteiger partial charge is 0.104 e. The Kier molecular flexibility index (Phi) is 3.50. The topological polar surface area (TPSA) is 29.5 Å². The van der Waals surface area contributed by atoms with E-state index in [1.165, 1.54) is 5.56 Å². The lowest BCUT2D eigenvalue weighted by Crippen LogP contribution is -2.01. The first kappa shape index (κ1) is 12.9. The normalized spacial score (nSPS) is 15.3. The van der Waals surface area contributed by atoms with Gasteiger partial charge in [0.15, 0.2) is 0 Å². The second kappa shape index (κ2) is 5.14. The molecule has 4 heteroatoms. The first-order chi connectivity index (χ1) is 9.13. The summed E-state index contributed by atoms with van der Waals surface area (Å²) in [5.41, 5.74) is 3.82. The zero-order valence-corrected chi connectivity index (χ0v) is 11.6. The minimum absolute atomic E-state index is 0.519. The molecule has 0 saturated heterocycles. The Morgan fingerprint density at radius 1 is 0.895 bits per heavy atom. The summed E-state index contributed by atoms with van der Waals surface area (Å²) in [7, 11) is 0. The number of hydrogen-bond acceptors (Lipinski definition) is 2. The summed E-state index contributed by atoms with van der Waals surface area (Å²) < 4.78 is 5.37. The van der Waals surface area contributed by atoms with Gasteiger partial charge < -0.3 is 9.84 Å². The first-order valence-electron chi connectivity index (χ1n) is 5.97. The van der Waals surface area contributed by atoms with Crippen LogP contribution in [-0.4, -0.2) is 5.11 Å². The minimum atomic E-state index is -0.734. The highest BCUT2D eigenvalue weighted by molar-refractivity contribution is 6.34. The molecule has 1 N–H and O–H groups in total. The molecule has 0 bridgehead atoms. The molecular weight excluding hydrogens is 283 g/mol. The summed E-state index contributed by atoms with van der Waals surface area (Å²) >= 11 is 11.9. The maximum absolute atomic E-state index is 10.4. The van der Waals surface area contributed by atoms with Crippen LogP contribution in [0.15, 0.2) is 36.4 Å². The highest BCUT2D eigenvalue weighted by Crippen LogP contribution is 2.30. The van der Waals surface area contributed by atoms with Crippen molar-refractivity contribution in [3.05, 3.63) is 68.7 Å². The highest BCUT2D eigenvalue weighted by Gasteiger charge is 2.16. The van der Waals surface area contributed by atoms with E-state index >= 15 is 0 Å². The Morgan fingerprint density at radius 2 is 1.58 bits per heavy atom. The second-order valence-corrected chi connectivity index (χ2v) is 5.50. The molecule has 0 aliphatic carbocycles. The van der Waals surface area contributed by atoms with Crippen molar-refractivity contribution in [3.8, 4) is 0 Å². The molecule has 1 aliphatic heterocycles. The van der Waals surface area contributed by atoms with Gasteiger partial charge in [-0.05, 0) is 40.5 Å². The molecule has 19 heavy (non-hydrogen) atoms. The quantitative estimate of drug-likeness (QED) is 0.903. The van der Waals surface area contributed by atoms with E-state index in [-0.39, 0.29) is 0 Å². The van der Waals surface area contributed by atoms with Crippen molar-refractivity contribution in [2.45, 2.75) is 19.3 Å². The fourth-order valence-corrected chi connectivity index (χ4v) is 2.83. The van der Waals surface area contributed by atoms with Gasteiger partial charge in [-0.15, -0.1) is 0 Å². The third-order valence-electron chi connectivity index (χ3n) is 3.26. The minimum Gasteiger partial charge on any atom is -0.384 e.